The summed E-state index contributed by atoms with van der Waals surface area (Å²) in [4.78, 5) is 2.47. The van der Waals surface area contributed by atoms with E-state index in [1.165, 1.54) is 12.5 Å². The van der Waals surface area contributed by atoms with Gasteiger partial charge >= 0.3 is 0 Å². The van der Waals surface area contributed by atoms with Gasteiger partial charge in [-0.25, -0.2) is 4.39 Å². The molecule has 0 radical (unpaired) electrons. The molecule has 1 saturated heterocycles. The molecule has 1 aromatic rings. The highest BCUT2D eigenvalue weighted by atomic mass is 19.1. The fraction of sp³-hybridized carbons (Fsp3) is 0.647. The summed E-state index contributed by atoms with van der Waals surface area (Å²) >= 11 is 0. The molecule has 0 amide bonds. The Morgan fingerprint density at radius 3 is 2.81 bits per heavy atom. The number of nitrogens with zero attached hydrogens (tertiary/aromatic N) is 1. The maximum absolute atomic E-state index is 13.2. The summed E-state index contributed by atoms with van der Waals surface area (Å²) in [7, 11) is 0. The second-order valence-corrected chi connectivity index (χ2v) is 6.18. The molecule has 21 heavy (non-hydrogen) atoms. The van der Waals surface area contributed by atoms with Crippen molar-refractivity contribution in [2.24, 2.45) is 0 Å². The molecular weight excluding hydrogens is 267 g/mol. The molecule has 2 fully saturated rings. The zero-order valence-corrected chi connectivity index (χ0v) is 12.6. The highest BCUT2D eigenvalue weighted by Crippen LogP contribution is 2.36. The number of morpholine rings is 1. The third-order valence-corrected chi connectivity index (χ3v) is 4.65. The first-order valence-electron chi connectivity index (χ1n) is 8.10. The van der Waals surface area contributed by atoms with E-state index in [0.717, 1.165) is 57.8 Å². The van der Waals surface area contributed by atoms with Crippen molar-refractivity contribution < 1.29 is 9.13 Å². The van der Waals surface area contributed by atoms with Gasteiger partial charge in [-0.05, 0) is 56.0 Å². The SMILES string of the molecule is Fc1cccc(C2CC(NCCCN3CCOCC3)C2)c1. The molecule has 0 aromatic heterocycles. The molecule has 116 valence electrons. The molecule has 3 rings (SSSR count). The molecule has 4 heteroatoms. The number of benzene rings is 1. The lowest BCUT2D eigenvalue weighted by Gasteiger charge is -2.36. The van der Waals surface area contributed by atoms with Crippen molar-refractivity contribution >= 4 is 0 Å². The van der Waals surface area contributed by atoms with Crippen LogP contribution in [0.3, 0.4) is 0 Å². The molecule has 0 atom stereocenters. The maximum Gasteiger partial charge on any atom is 0.123 e. The van der Waals surface area contributed by atoms with Crippen LogP contribution in [-0.4, -0.2) is 50.3 Å². The van der Waals surface area contributed by atoms with E-state index in [0.29, 0.717) is 12.0 Å². The average Bonchev–Trinajstić information content (AvgIpc) is 2.46. The number of halogens is 1. The van der Waals surface area contributed by atoms with Crippen molar-refractivity contribution in [2.45, 2.75) is 31.2 Å². The quantitative estimate of drug-likeness (QED) is 0.815. The maximum atomic E-state index is 13.2. The lowest BCUT2D eigenvalue weighted by atomic mass is 9.76. The third kappa shape index (κ3) is 4.25. The van der Waals surface area contributed by atoms with Crippen molar-refractivity contribution in [1.82, 2.24) is 10.2 Å². The van der Waals surface area contributed by atoms with Gasteiger partial charge in [-0.1, -0.05) is 12.1 Å². The Morgan fingerprint density at radius 2 is 2.05 bits per heavy atom. The normalized spacial score (nSPS) is 26.5. The molecular formula is C17H25FN2O. The molecule has 1 aromatic carbocycles. The Kier molecular flexibility index (Phi) is 5.22. The van der Waals surface area contributed by atoms with Crippen molar-refractivity contribution in [1.29, 1.82) is 0 Å². The van der Waals surface area contributed by atoms with Crippen LogP contribution in [0.5, 0.6) is 0 Å². The number of rotatable bonds is 6. The minimum Gasteiger partial charge on any atom is -0.379 e. The van der Waals surface area contributed by atoms with Crippen LogP contribution in [0.25, 0.3) is 0 Å². The van der Waals surface area contributed by atoms with Crippen molar-refractivity contribution in [3.8, 4) is 0 Å². The smallest absolute Gasteiger partial charge is 0.123 e. The van der Waals surface area contributed by atoms with Crippen molar-refractivity contribution in [2.75, 3.05) is 39.4 Å². The zero-order chi connectivity index (χ0) is 14.5. The van der Waals surface area contributed by atoms with Crippen LogP contribution in [0.4, 0.5) is 4.39 Å². The number of nitrogens with one attached hydrogen (secondary N) is 1. The van der Waals surface area contributed by atoms with E-state index in [1.807, 2.05) is 12.1 Å². The van der Waals surface area contributed by atoms with E-state index in [4.69, 9.17) is 4.74 Å². The molecule has 1 aliphatic heterocycles. The summed E-state index contributed by atoms with van der Waals surface area (Å²) in [6.45, 7) is 6.15. The largest absolute Gasteiger partial charge is 0.379 e. The van der Waals surface area contributed by atoms with E-state index in [2.05, 4.69) is 10.2 Å². The minimum absolute atomic E-state index is 0.116. The van der Waals surface area contributed by atoms with Gasteiger partial charge in [-0.2, -0.15) is 0 Å². The first kappa shape index (κ1) is 14.9. The number of ether oxygens (including phenoxy) is 1. The lowest BCUT2D eigenvalue weighted by molar-refractivity contribution is 0.0372. The Bertz CT molecular complexity index is 442. The van der Waals surface area contributed by atoms with Gasteiger partial charge in [0, 0.05) is 19.1 Å². The lowest BCUT2D eigenvalue weighted by Crippen LogP contribution is -2.42. The summed E-state index contributed by atoms with van der Waals surface area (Å²) in [6, 6.07) is 7.67. The van der Waals surface area contributed by atoms with Gasteiger partial charge in [0.2, 0.25) is 0 Å². The summed E-state index contributed by atoms with van der Waals surface area (Å²) in [6.07, 6.45) is 3.48. The molecule has 0 spiro atoms. The fourth-order valence-corrected chi connectivity index (χ4v) is 3.25. The van der Waals surface area contributed by atoms with Crippen molar-refractivity contribution in [3.63, 3.8) is 0 Å². The Labute approximate surface area is 126 Å². The van der Waals surface area contributed by atoms with Crippen LogP contribution >= 0.6 is 0 Å². The van der Waals surface area contributed by atoms with Gasteiger partial charge in [0.1, 0.15) is 5.82 Å². The van der Waals surface area contributed by atoms with Gasteiger partial charge in [-0.15, -0.1) is 0 Å². The topological polar surface area (TPSA) is 24.5 Å². The summed E-state index contributed by atoms with van der Waals surface area (Å²) in [5.74, 6) is 0.423. The molecule has 1 N–H and O–H groups in total. The molecule has 2 aliphatic rings. The molecule has 3 nitrogen and oxygen atoms in total. The van der Waals surface area contributed by atoms with E-state index < -0.39 is 0 Å². The third-order valence-electron chi connectivity index (χ3n) is 4.65. The highest BCUT2D eigenvalue weighted by molar-refractivity contribution is 5.23. The second-order valence-electron chi connectivity index (χ2n) is 6.18. The predicted octanol–water partition coefficient (Wildman–Crippen LogP) is 2.38. The first-order chi connectivity index (χ1) is 10.3. The Morgan fingerprint density at radius 1 is 1.24 bits per heavy atom. The summed E-state index contributed by atoms with van der Waals surface area (Å²) in [5.41, 5.74) is 1.15. The predicted molar refractivity (Wildman–Crippen MR) is 82.0 cm³/mol. The zero-order valence-electron chi connectivity index (χ0n) is 12.6. The van der Waals surface area contributed by atoms with E-state index in [1.54, 1.807) is 6.07 Å². The van der Waals surface area contributed by atoms with Crippen molar-refractivity contribution in [3.05, 3.63) is 35.6 Å². The van der Waals surface area contributed by atoms with Crippen LogP contribution < -0.4 is 5.32 Å². The standard InChI is InChI=1S/C17H25FN2O/c18-16-4-1-3-14(11-16)15-12-17(13-15)19-5-2-6-20-7-9-21-10-8-20/h1,3-4,11,15,17,19H,2,5-10,12-13H2. The molecule has 0 bridgehead atoms. The Balaban J connectivity index is 1.28. The fourth-order valence-electron chi connectivity index (χ4n) is 3.25. The van der Waals surface area contributed by atoms with Gasteiger partial charge in [0.05, 0.1) is 13.2 Å². The second kappa shape index (κ2) is 7.34. The minimum atomic E-state index is -0.116. The van der Waals surface area contributed by atoms with E-state index >= 15 is 0 Å². The van der Waals surface area contributed by atoms with E-state index in [9.17, 15) is 4.39 Å². The van der Waals surface area contributed by atoms with Gasteiger partial charge in [0.15, 0.2) is 0 Å². The first-order valence-corrected chi connectivity index (χ1v) is 8.10. The van der Waals surface area contributed by atoms with Gasteiger partial charge < -0.3 is 10.1 Å². The molecule has 1 saturated carbocycles. The van der Waals surface area contributed by atoms with Crippen LogP contribution in [-0.2, 0) is 4.74 Å². The summed E-state index contributed by atoms with van der Waals surface area (Å²) < 4.78 is 18.5. The summed E-state index contributed by atoms with van der Waals surface area (Å²) in [5, 5.41) is 3.62. The molecule has 1 heterocycles. The van der Waals surface area contributed by atoms with Crippen LogP contribution in [0.15, 0.2) is 24.3 Å². The van der Waals surface area contributed by atoms with Gasteiger partial charge in [-0.3, -0.25) is 4.90 Å². The Hall–Kier alpha value is -0.970. The molecule has 1 aliphatic carbocycles. The number of hydrogen-bond acceptors (Lipinski definition) is 3. The van der Waals surface area contributed by atoms with E-state index in [-0.39, 0.29) is 5.82 Å². The van der Waals surface area contributed by atoms with Gasteiger partial charge in [0.25, 0.3) is 0 Å². The molecule has 0 unspecified atom stereocenters. The average molecular weight is 292 g/mol. The van der Waals surface area contributed by atoms with Crippen LogP contribution in [0.2, 0.25) is 0 Å². The number of hydrogen-bond donors (Lipinski definition) is 1. The van der Waals surface area contributed by atoms with Crippen LogP contribution in [0, 0.1) is 5.82 Å². The van der Waals surface area contributed by atoms with Crippen LogP contribution in [0.1, 0.15) is 30.7 Å². The highest BCUT2D eigenvalue weighted by Gasteiger charge is 2.29. The monoisotopic (exact) mass is 292 g/mol.